The number of morpholine rings is 1. The second kappa shape index (κ2) is 9.17. The van der Waals surface area contributed by atoms with Crippen LogP contribution < -0.4 is 5.32 Å². The highest BCUT2D eigenvalue weighted by Gasteiger charge is 2.40. The van der Waals surface area contributed by atoms with Gasteiger partial charge in [0.1, 0.15) is 4.49 Å². The monoisotopic (exact) mass is 406 g/mol. The topological polar surface area (TPSA) is 67.9 Å². The van der Waals surface area contributed by atoms with E-state index in [0.29, 0.717) is 31.9 Å². The molecule has 1 heterocycles. The molecule has 1 atom stereocenters. The molecule has 25 heavy (non-hydrogen) atoms. The Morgan fingerprint density at radius 1 is 1.28 bits per heavy atom. The number of hydrogen-bond donors (Lipinski definition) is 1. The Bertz CT molecular complexity index is 684. The van der Waals surface area contributed by atoms with Crippen LogP contribution in [0.2, 0.25) is 0 Å². The number of benzene rings is 1. The maximum Gasteiger partial charge on any atom is 0.320 e. The molecular formula is C16H21Cl2N2O4P. The molecule has 1 fully saturated rings. The van der Waals surface area contributed by atoms with Crippen molar-refractivity contribution in [3.63, 3.8) is 0 Å². The Labute approximate surface area is 157 Å². The Kier molecular flexibility index (Phi) is 7.50. The van der Waals surface area contributed by atoms with Gasteiger partial charge in [0, 0.05) is 18.7 Å². The standard InChI is InChI=1S/C16H21Cl2N2O4P/c1-3-24-25(22,20-8-10-23-11-9-20)16(14(17)18)19-15(21)13-6-4-12(2)5-7-13/h4-7H,3,8-11H2,1-2H3,(H,19,21). The van der Waals surface area contributed by atoms with Crippen LogP contribution in [0.25, 0.3) is 0 Å². The van der Waals surface area contributed by atoms with Crippen LogP contribution in [-0.4, -0.2) is 43.5 Å². The highest BCUT2D eigenvalue weighted by molar-refractivity contribution is 7.61. The molecule has 0 bridgehead atoms. The van der Waals surface area contributed by atoms with E-state index in [9.17, 15) is 9.36 Å². The van der Waals surface area contributed by atoms with Crippen molar-refractivity contribution < 1.29 is 18.6 Å². The largest absolute Gasteiger partial charge is 0.379 e. The number of hydrogen-bond acceptors (Lipinski definition) is 4. The molecule has 1 amide bonds. The van der Waals surface area contributed by atoms with Crippen molar-refractivity contribution in [2.75, 3.05) is 32.9 Å². The molecule has 0 aliphatic carbocycles. The second-order valence-electron chi connectivity index (χ2n) is 5.43. The predicted octanol–water partition coefficient (Wildman–Crippen LogP) is 3.89. The first-order chi connectivity index (χ1) is 11.9. The number of nitrogens with one attached hydrogen (secondary N) is 1. The number of aryl methyl sites for hydroxylation is 1. The van der Waals surface area contributed by atoms with E-state index in [1.165, 1.54) is 0 Å². The first kappa shape index (κ1) is 20.4. The number of nitrogens with zero attached hydrogens (tertiary/aromatic N) is 1. The maximum atomic E-state index is 13.5. The molecule has 1 unspecified atom stereocenters. The first-order valence-corrected chi connectivity index (χ1v) is 10.2. The lowest BCUT2D eigenvalue weighted by Gasteiger charge is -2.34. The average molecular weight is 407 g/mol. The summed E-state index contributed by atoms with van der Waals surface area (Å²) in [6.45, 7) is 5.43. The highest BCUT2D eigenvalue weighted by atomic mass is 35.5. The fraction of sp³-hybridized carbons (Fsp3) is 0.438. The van der Waals surface area contributed by atoms with Gasteiger partial charge in [0.2, 0.25) is 0 Å². The summed E-state index contributed by atoms with van der Waals surface area (Å²) in [5.41, 5.74) is 1.32. The lowest BCUT2D eigenvalue weighted by Crippen LogP contribution is -2.37. The van der Waals surface area contributed by atoms with Crippen molar-refractivity contribution in [3.8, 4) is 0 Å². The number of amides is 1. The van der Waals surface area contributed by atoms with E-state index < -0.39 is 13.4 Å². The van der Waals surface area contributed by atoms with Crippen LogP contribution in [0.1, 0.15) is 22.8 Å². The van der Waals surface area contributed by atoms with Crippen molar-refractivity contribution in [1.29, 1.82) is 0 Å². The average Bonchev–Trinajstić information content (AvgIpc) is 2.60. The van der Waals surface area contributed by atoms with E-state index in [4.69, 9.17) is 32.5 Å². The molecule has 1 aliphatic heterocycles. The zero-order valence-electron chi connectivity index (χ0n) is 14.1. The second-order valence-corrected chi connectivity index (χ2v) is 8.69. The summed E-state index contributed by atoms with van der Waals surface area (Å²) >= 11 is 11.9. The van der Waals surface area contributed by atoms with Crippen molar-refractivity contribution >= 4 is 36.6 Å². The van der Waals surface area contributed by atoms with Gasteiger partial charge in [0.25, 0.3) is 5.91 Å². The first-order valence-electron chi connectivity index (χ1n) is 7.90. The van der Waals surface area contributed by atoms with E-state index in [-0.39, 0.29) is 16.5 Å². The number of halogens is 2. The molecule has 1 saturated heterocycles. The quantitative estimate of drug-likeness (QED) is 0.725. The molecule has 2 rings (SSSR count). The minimum Gasteiger partial charge on any atom is -0.379 e. The molecule has 6 nitrogen and oxygen atoms in total. The van der Waals surface area contributed by atoms with Gasteiger partial charge in [-0.05, 0) is 26.0 Å². The summed E-state index contributed by atoms with van der Waals surface area (Å²) in [4.78, 5) is 12.5. The third-order valence-corrected chi connectivity index (χ3v) is 6.97. The van der Waals surface area contributed by atoms with Crippen molar-refractivity contribution in [2.45, 2.75) is 13.8 Å². The highest BCUT2D eigenvalue weighted by Crippen LogP contribution is 2.59. The van der Waals surface area contributed by atoms with E-state index in [1.807, 2.05) is 19.1 Å². The molecule has 1 aromatic rings. The van der Waals surface area contributed by atoms with Crippen molar-refractivity contribution in [1.82, 2.24) is 9.99 Å². The van der Waals surface area contributed by atoms with E-state index in [2.05, 4.69) is 5.32 Å². The lowest BCUT2D eigenvalue weighted by atomic mass is 10.1. The zero-order chi connectivity index (χ0) is 18.4. The Morgan fingerprint density at radius 3 is 2.40 bits per heavy atom. The van der Waals surface area contributed by atoms with Crippen LogP contribution in [0.5, 0.6) is 0 Å². The summed E-state index contributed by atoms with van der Waals surface area (Å²) < 4.78 is 25.7. The molecule has 0 spiro atoms. The maximum absolute atomic E-state index is 13.5. The van der Waals surface area contributed by atoms with Gasteiger partial charge in [-0.3, -0.25) is 9.36 Å². The van der Waals surface area contributed by atoms with Crippen LogP contribution in [0.15, 0.2) is 34.2 Å². The van der Waals surface area contributed by atoms with E-state index in [1.54, 1.807) is 23.7 Å². The molecule has 1 aromatic carbocycles. The molecule has 0 radical (unpaired) electrons. The van der Waals surface area contributed by atoms with Gasteiger partial charge >= 0.3 is 7.52 Å². The molecule has 1 aliphatic rings. The number of rotatable bonds is 6. The van der Waals surface area contributed by atoms with Crippen molar-refractivity contribution in [2.24, 2.45) is 0 Å². The van der Waals surface area contributed by atoms with Gasteiger partial charge in [0.05, 0.1) is 19.8 Å². The van der Waals surface area contributed by atoms with E-state index in [0.717, 1.165) is 5.56 Å². The SMILES string of the molecule is CCOP(=O)(C(NC(=O)c1ccc(C)cc1)=C(Cl)Cl)N1CCOCC1. The Morgan fingerprint density at radius 2 is 1.88 bits per heavy atom. The van der Waals surface area contributed by atoms with E-state index >= 15 is 0 Å². The third-order valence-electron chi connectivity index (χ3n) is 3.67. The van der Waals surface area contributed by atoms with Crippen LogP contribution in [-0.2, 0) is 13.8 Å². The van der Waals surface area contributed by atoms with Crippen molar-refractivity contribution in [3.05, 3.63) is 45.3 Å². The summed E-state index contributed by atoms with van der Waals surface area (Å²) in [5, 5.41) is 2.58. The van der Waals surface area contributed by atoms with Gasteiger partial charge in [-0.25, -0.2) is 4.67 Å². The predicted molar refractivity (Wildman–Crippen MR) is 99.0 cm³/mol. The molecule has 138 valence electrons. The van der Waals surface area contributed by atoms with Gasteiger partial charge in [-0.15, -0.1) is 0 Å². The molecule has 9 heteroatoms. The third kappa shape index (κ3) is 5.07. The zero-order valence-corrected chi connectivity index (χ0v) is 16.5. The minimum atomic E-state index is -3.61. The smallest absolute Gasteiger partial charge is 0.320 e. The fourth-order valence-corrected chi connectivity index (χ4v) is 5.20. The van der Waals surface area contributed by atoms with Gasteiger partial charge in [-0.2, -0.15) is 0 Å². The molecule has 0 aromatic heterocycles. The van der Waals surface area contributed by atoms with Crippen LogP contribution in [0.3, 0.4) is 0 Å². The van der Waals surface area contributed by atoms with Crippen LogP contribution >= 0.6 is 30.7 Å². The van der Waals surface area contributed by atoms with Crippen LogP contribution in [0, 0.1) is 6.92 Å². The summed E-state index contributed by atoms with van der Waals surface area (Å²) in [6.07, 6.45) is 0. The molecular weight excluding hydrogens is 386 g/mol. The molecule has 1 N–H and O–H groups in total. The Balaban J connectivity index is 2.30. The number of carbonyl (C=O) groups is 1. The number of carbonyl (C=O) groups excluding carboxylic acids is 1. The number of ether oxygens (including phenoxy) is 1. The normalized spacial score (nSPS) is 17.6. The fourth-order valence-electron chi connectivity index (χ4n) is 2.39. The Hall–Kier alpha value is -0.880. The summed E-state index contributed by atoms with van der Waals surface area (Å²) in [5.74, 6) is -0.456. The summed E-state index contributed by atoms with van der Waals surface area (Å²) in [6, 6.07) is 6.96. The van der Waals surface area contributed by atoms with Gasteiger partial charge in [-0.1, -0.05) is 40.9 Å². The minimum absolute atomic E-state index is 0.106. The van der Waals surface area contributed by atoms with Gasteiger partial charge in [0.15, 0.2) is 5.44 Å². The lowest BCUT2D eigenvalue weighted by molar-refractivity contribution is 0.0654. The van der Waals surface area contributed by atoms with Crippen LogP contribution in [0.4, 0.5) is 0 Å². The summed E-state index contributed by atoms with van der Waals surface area (Å²) in [7, 11) is -3.61. The molecule has 0 saturated carbocycles. The van der Waals surface area contributed by atoms with Gasteiger partial charge < -0.3 is 14.6 Å².